The van der Waals surface area contributed by atoms with Crippen LogP contribution in [0, 0.1) is 0 Å². The van der Waals surface area contributed by atoms with Gasteiger partial charge in [0.05, 0.1) is 0 Å². The number of rotatable bonds is 2. The molecule has 78 valence electrons. The first-order chi connectivity index (χ1) is 6.38. The van der Waals surface area contributed by atoms with Gasteiger partial charge in [-0.05, 0) is 20.8 Å². The summed E-state index contributed by atoms with van der Waals surface area (Å²) < 4.78 is 11.2. The van der Waals surface area contributed by atoms with Crippen LogP contribution in [0.15, 0.2) is 17.3 Å². The van der Waals surface area contributed by atoms with Crippen molar-refractivity contribution in [2.75, 3.05) is 11.6 Å². The van der Waals surface area contributed by atoms with Gasteiger partial charge in [0.15, 0.2) is 0 Å². The first-order valence-corrected chi connectivity index (χ1v) is 5.89. The molecule has 0 aromatic carbocycles. The van der Waals surface area contributed by atoms with Gasteiger partial charge in [0.1, 0.15) is 6.26 Å². The summed E-state index contributed by atoms with van der Waals surface area (Å²) in [6, 6.07) is 1.66. The third kappa shape index (κ3) is 3.51. The second-order valence-corrected chi connectivity index (χ2v) is 5.37. The highest BCUT2D eigenvalue weighted by Gasteiger charge is 2.13. The third-order valence-electron chi connectivity index (χ3n) is 1.41. The number of aromatic nitrogens is 2. The van der Waals surface area contributed by atoms with E-state index in [1.165, 1.54) is 0 Å². The Labute approximate surface area is 87.3 Å². The van der Waals surface area contributed by atoms with Crippen molar-refractivity contribution in [3.63, 3.8) is 0 Å². The molecular weight excluding hydrogens is 198 g/mol. The first kappa shape index (κ1) is 11.3. The Balaban J connectivity index is 2.84. The molecule has 0 fully saturated rings. The molecule has 1 atom stereocenters. The van der Waals surface area contributed by atoms with Gasteiger partial charge in [-0.1, -0.05) is 0 Å². The molecule has 1 N–H and O–H groups in total. The van der Waals surface area contributed by atoms with Gasteiger partial charge in [0.25, 0.3) is 0 Å². The highest BCUT2D eigenvalue weighted by atomic mass is 32.2. The first-order valence-electron chi connectivity index (χ1n) is 4.33. The molecule has 1 unspecified atom stereocenters. The maximum atomic E-state index is 11.2. The molecule has 0 saturated carbocycles. The molecule has 1 aromatic heterocycles. The molecule has 0 aliphatic carbocycles. The van der Waals surface area contributed by atoms with E-state index in [0.29, 0.717) is 11.0 Å². The van der Waals surface area contributed by atoms with Crippen molar-refractivity contribution in [1.29, 1.82) is 0 Å². The summed E-state index contributed by atoms with van der Waals surface area (Å²) in [6.07, 6.45) is 3.21. The number of hydrogen-bond acceptors (Lipinski definition) is 4. The lowest BCUT2D eigenvalue weighted by atomic mass is 10.1. The number of hydrogen-bond donors (Lipinski definition) is 1. The monoisotopic (exact) mass is 213 g/mol. The van der Waals surface area contributed by atoms with Gasteiger partial charge in [-0.25, -0.2) is 4.98 Å². The van der Waals surface area contributed by atoms with Crippen LogP contribution in [0.2, 0.25) is 0 Å². The third-order valence-corrected chi connectivity index (χ3v) is 2.23. The van der Waals surface area contributed by atoms with E-state index in [0.717, 1.165) is 0 Å². The van der Waals surface area contributed by atoms with Gasteiger partial charge in [-0.15, -0.1) is 0 Å². The fourth-order valence-corrected chi connectivity index (χ4v) is 1.37. The summed E-state index contributed by atoms with van der Waals surface area (Å²) in [6.45, 7) is 6.06. The Morgan fingerprint density at radius 3 is 2.57 bits per heavy atom. The van der Waals surface area contributed by atoms with Crippen LogP contribution in [-0.4, -0.2) is 26.3 Å². The largest absolute Gasteiger partial charge is 0.610 e. The molecule has 1 heterocycles. The molecule has 4 nitrogen and oxygen atoms in total. The average Bonchev–Trinajstić information content (AvgIpc) is 2.01. The summed E-state index contributed by atoms with van der Waals surface area (Å²) in [4.78, 5) is 8.19. The topological polar surface area (TPSA) is 60.9 Å². The van der Waals surface area contributed by atoms with Crippen LogP contribution in [0.5, 0.6) is 0 Å². The molecule has 0 spiro atoms. The zero-order valence-electron chi connectivity index (χ0n) is 8.87. The van der Waals surface area contributed by atoms with Crippen LogP contribution < -0.4 is 5.32 Å². The Bertz CT molecular complexity index is 309. The van der Waals surface area contributed by atoms with E-state index in [-0.39, 0.29) is 5.54 Å². The van der Waals surface area contributed by atoms with Crippen LogP contribution in [0.4, 0.5) is 5.95 Å². The fraction of sp³-hybridized carbons (Fsp3) is 0.556. The summed E-state index contributed by atoms with van der Waals surface area (Å²) >= 11 is -1.06. The number of nitrogens with zero attached hydrogens (tertiary/aromatic N) is 2. The number of anilines is 1. The SMILES string of the molecule is C[S+]([O-])c1ccnc(NC(C)(C)C)n1. The minimum absolute atomic E-state index is 0.0894. The van der Waals surface area contributed by atoms with Gasteiger partial charge < -0.3 is 9.87 Å². The predicted octanol–water partition coefficient (Wildman–Crippen LogP) is 1.42. The van der Waals surface area contributed by atoms with Gasteiger partial charge in [0.2, 0.25) is 11.0 Å². The Kier molecular flexibility index (Phi) is 3.34. The standard InChI is InChI=1S/C9H15N3OS/c1-9(2,3)12-8-10-6-5-7(11-8)14(4)13/h5-6H,1-4H3,(H,10,11,12). The van der Waals surface area contributed by atoms with Crippen molar-refractivity contribution in [3.8, 4) is 0 Å². The minimum Gasteiger partial charge on any atom is -0.610 e. The van der Waals surface area contributed by atoms with Gasteiger partial charge in [-0.2, -0.15) is 4.98 Å². The highest BCUT2D eigenvalue weighted by molar-refractivity contribution is 7.90. The molecule has 0 aliphatic heterocycles. The second kappa shape index (κ2) is 4.14. The van der Waals surface area contributed by atoms with Crippen LogP contribution in [0.25, 0.3) is 0 Å². The maximum Gasteiger partial charge on any atom is 0.249 e. The van der Waals surface area contributed by atoms with E-state index in [9.17, 15) is 4.55 Å². The zero-order chi connectivity index (χ0) is 10.8. The average molecular weight is 213 g/mol. The highest BCUT2D eigenvalue weighted by Crippen LogP contribution is 2.11. The van der Waals surface area contributed by atoms with E-state index < -0.39 is 11.2 Å². The normalized spacial score (nSPS) is 13.8. The molecule has 1 aromatic rings. The molecular formula is C9H15N3OS. The lowest BCUT2D eigenvalue weighted by Crippen LogP contribution is -2.27. The molecule has 0 saturated heterocycles. The van der Waals surface area contributed by atoms with Crippen molar-refractivity contribution >= 4 is 17.1 Å². The lowest BCUT2D eigenvalue weighted by Gasteiger charge is -2.20. The van der Waals surface area contributed by atoms with Crippen molar-refractivity contribution in [2.45, 2.75) is 31.3 Å². The van der Waals surface area contributed by atoms with E-state index in [1.54, 1.807) is 18.5 Å². The fourth-order valence-electron chi connectivity index (χ4n) is 0.898. The molecule has 0 amide bonds. The van der Waals surface area contributed by atoms with E-state index in [4.69, 9.17) is 0 Å². The molecule has 5 heteroatoms. The molecule has 0 aliphatic rings. The lowest BCUT2D eigenvalue weighted by molar-refractivity contribution is 0.594. The molecule has 0 bridgehead atoms. The predicted molar refractivity (Wildman–Crippen MR) is 57.7 cm³/mol. The van der Waals surface area contributed by atoms with E-state index >= 15 is 0 Å². The summed E-state index contributed by atoms with van der Waals surface area (Å²) in [5, 5.41) is 3.67. The van der Waals surface area contributed by atoms with E-state index in [2.05, 4.69) is 15.3 Å². The van der Waals surface area contributed by atoms with Crippen LogP contribution in [-0.2, 0) is 11.2 Å². The Morgan fingerprint density at radius 1 is 1.43 bits per heavy atom. The molecule has 0 radical (unpaired) electrons. The van der Waals surface area contributed by atoms with Crippen LogP contribution in [0.1, 0.15) is 20.8 Å². The minimum atomic E-state index is -1.06. The van der Waals surface area contributed by atoms with Crippen molar-refractivity contribution < 1.29 is 4.55 Å². The van der Waals surface area contributed by atoms with Gasteiger partial charge in [0, 0.05) is 29.0 Å². The van der Waals surface area contributed by atoms with Crippen LogP contribution in [0.3, 0.4) is 0 Å². The van der Waals surface area contributed by atoms with Crippen molar-refractivity contribution in [1.82, 2.24) is 9.97 Å². The van der Waals surface area contributed by atoms with Crippen LogP contribution >= 0.6 is 0 Å². The summed E-state index contributed by atoms with van der Waals surface area (Å²) in [5.41, 5.74) is -0.0894. The summed E-state index contributed by atoms with van der Waals surface area (Å²) in [7, 11) is 0. The Morgan fingerprint density at radius 2 is 2.07 bits per heavy atom. The van der Waals surface area contributed by atoms with Gasteiger partial charge >= 0.3 is 0 Å². The molecule has 1 rings (SSSR count). The molecule has 14 heavy (non-hydrogen) atoms. The summed E-state index contributed by atoms with van der Waals surface area (Å²) in [5.74, 6) is 0.519. The maximum absolute atomic E-state index is 11.2. The van der Waals surface area contributed by atoms with Crippen molar-refractivity contribution in [3.05, 3.63) is 12.3 Å². The van der Waals surface area contributed by atoms with Gasteiger partial charge in [-0.3, -0.25) is 0 Å². The number of nitrogens with one attached hydrogen (secondary N) is 1. The Hall–Kier alpha value is -0.810. The second-order valence-electron chi connectivity index (χ2n) is 4.05. The van der Waals surface area contributed by atoms with E-state index in [1.807, 2.05) is 20.8 Å². The zero-order valence-corrected chi connectivity index (χ0v) is 9.68. The van der Waals surface area contributed by atoms with Crippen molar-refractivity contribution in [2.24, 2.45) is 0 Å². The smallest absolute Gasteiger partial charge is 0.249 e. The quantitative estimate of drug-likeness (QED) is 0.596.